The molecule has 1 saturated heterocycles. The van der Waals surface area contributed by atoms with E-state index in [1.807, 2.05) is 25.1 Å². The molecule has 0 unspecified atom stereocenters. The Morgan fingerprint density at radius 2 is 1.90 bits per heavy atom. The van der Waals surface area contributed by atoms with Crippen LogP contribution in [-0.4, -0.2) is 27.8 Å². The summed E-state index contributed by atoms with van der Waals surface area (Å²) in [7, 11) is 0. The summed E-state index contributed by atoms with van der Waals surface area (Å²) in [6.45, 7) is 2.60. The minimum Gasteiger partial charge on any atom is -0.493 e. The van der Waals surface area contributed by atoms with Crippen molar-refractivity contribution in [3.63, 3.8) is 0 Å². The number of hydrogen-bond acceptors (Lipinski definition) is 5. The van der Waals surface area contributed by atoms with Crippen LogP contribution in [0.4, 0.5) is 0 Å². The van der Waals surface area contributed by atoms with Crippen molar-refractivity contribution in [2.75, 3.05) is 6.61 Å². The predicted octanol–water partition coefficient (Wildman–Crippen LogP) is 5.55. The van der Waals surface area contributed by atoms with Crippen molar-refractivity contribution in [2.45, 2.75) is 13.3 Å². The zero-order chi connectivity index (χ0) is 21.0. The van der Waals surface area contributed by atoms with E-state index in [9.17, 15) is 9.59 Å². The molecular weight excluding hydrogens is 540 g/mol. The highest BCUT2D eigenvalue weighted by molar-refractivity contribution is 9.10. The fourth-order valence-electron chi connectivity index (χ4n) is 2.45. The number of carbonyl (C=O) groups is 2. The normalized spacial score (nSPS) is 15.1. The third-order valence-electron chi connectivity index (χ3n) is 3.83. The number of nitrogens with one attached hydrogen (secondary N) is 1. The van der Waals surface area contributed by atoms with E-state index in [2.05, 4.69) is 37.3 Å². The molecule has 3 rings (SSSR count). The van der Waals surface area contributed by atoms with Crippen molar-refractivity contribution in [3.8, 4) is 5.75 Å². The Bertz CT molecular complexity index is 994. The Hall–Kier alpha value is -1.68. The van der Waals surface area contributed by atoms with E-state index in [4.69, 9.17) is 17.0 Å². The molecule has 2 amide bonds. The Kier molecular flexibility index (Phi) is 7.50. The Labute approximate surface area is 195 Å². The van der Waals surface area contributed by atoms with Crippen LogP contribution < -0.4 is 10.2 Å². The molecule has 0 aromatic heterocycles. The summed E-state index contributed by atoms with van der Waals surface area (Å²) in [5.41, 5.74) is 3.76. The minimum atomic E-state index is -0.413. The largest absolute Gasteiger partial charge is 0.493 e. The first-order chi connectivity index (χ1) is 13.9. The van der Waals surface area contributed by atoms with Crippen LogP contribution in [0.5, 0.6) is 5.75 Å². The van der Waals surface area contributed by atoms with Crippen LogP contribution in [0.15, 0.2) is 56.3 Å². The first-order valence-corrected chi connectivity index (χ1v) is 11.5. The number of thiocarbonyl (C=S) groups is 1. The van der Waals surface area contributed by atoms with E-state index in [0.717, 1.165) is 37.7 Å². The quantitative estimate of drug-likeness (QED) is 0.374. The summed E-state index contributed by atoms with van der Waals surface area (Å²) in [4.78, 5) is 25.7. The summed E-state index contributed by atoms with van der Waals surface area (Å²) in [5, 5.41) is 1.10. The number of thioether (sulfide) groups is 1. The van der Waals surface area contributed by atoms with Crippen molar-refractivity contribution >= 4 is 78.1 Å². The molecule has 1 heterocycles. The summed E-state index contributed by atoms with van der Waals surface area (Å²) in [6.07, 6.45) is 2.60. The van der Waals surface area contributed by atoms with E-state index >= 15 is 0 Å². The summed E-state index contributed by atoms with van der Waals surface area (Å²) in [5.74, 6) is -0.115. The Morgan fingerprint density at radius 3 is 2.59 bits per heavy atom. The molecule has 0 saturated carbocycles. The molecule has 2 aromatic rings. The van der Waals surface area contributed by atoms with E-state index in [1.54, 1.807) is 30.3 Å². The number of amides is 2. The number of hydrazine groups is 1. The first kappa shape index (κ1) is 22.0. The summed E-state index contributed by atoms with van der Waals surface area (Å²) < 4.78 is 7.75. The Balaban J connectivity index is 1.80. The number of hydrogen-bond donors (Lipinski definition) is 1. The lowest BCUT2D eigenvalue weighted by Crippen LogP contribution is -2.44. The Morgan fingerprint density at radius 1 is 1.21 bits per heavy atom. The van der Waals surface area contributed by atoms with Crippen LogP contribution in [-0.2, 0) is 4.79 Å². The van der Waals surface area contributed by atoms with E-state index in [1.165, 1.54) is 0 Å². The van der Waals surface area contributed by atoms with Gasteiger partial charge in [0.1, 0.15) is 5.75 Å². The highest BCUT2D eigenvalue weighted by Crippen LogP contribution is 2.34. The molecule has 1 fully saturated rings. The maximum atomic E-state index is 12.8. The van der Waals surface area contributed by atoms with Crippen molar-refractivity contribution in [1.29, 1.82) is 0 Å². The third-order valence-corrected chi connectivity index (χ3v) is 6.16. The molecule has 29 heavy (non-hydrogen) atoms. The standard InChI is InChI=1S/C20H16Br2N2O3S2/c1-2-9-27-16-8-7-15(22)10-13(16)11-17-19(26)24(20(28)29-17)23-18(25)12-3-5-14(21)6-4-12/h3-8,10-11H,2,9H2,1H3,(H,23,25)/b17-11+. The van der Waals surface area contributed by atoms with Gasteiger partial charge < -0.3 is 4.74 Å². The second-order valence-corrected chi connectivity index (χ2v) is 9.50. The molecule has 2 aromatic carbocycles. The van der Waals surface area contributed by atoms with Gasteiger partial charge in [0.15, 0.2) is 4.32 Å². The van der Waals surface area contributed by atoms with Gasteiger partial charge in [-0.25, -0.2) is 0 Å². The van der Waals surface area contributed by atoms with Crippen LogP contribution in [0.25, 0.3) is 6.08 Å². The van der Waals surface area contributed by atoms with Crippen LogP contribution in [0.1, 0.15) is 29.3 Å². The number of nitrogens with zero attached hydrogens (tertiary/aromatic N) is 1. The van der Waals surface area contributed by atoms with Crippen LogP contribution >= 0.6 is 55.8 Å². The number of rotatable bonds is 6. The molecule has 1 aliphatic rings. The number of carbonyl (C=O) groups excluding carboxylic acids is 2. The summed E-state index contributed by atoms with van der Waals surface area (Å²) >= 11 is 13.2. The summed E-state index contributed by atoms with van der Waals surface area (Å²) in [6, 6.07) is 12.4. The maximum Gasteiger partial charge on any atom is 0.285 e. The molecule has 1 N–H and O–H groups in total. The SMILES string of the molecule is CCCOc1ccc(Br)cc1/C=C1/SC(=S)N(NC(=O)c2ccc(Br)cc2)C1=O. The van der Waals surface area contributed by atoms with Crippen LogP contribution in [0.2, 0.25) is 0 Å². The number of benzene rings is 2. The molecule has 150 valence electrons. The number of halogens is 2. The molecule has 0 bridgehead atoms. The fourth-order valence-corrected chi connectivity index (χ4v) is 4.26. The van der Waals surface area contributed by atoms with Gasteiger partial charge in [0.2, 0.25) is 0 Å². The molecule has 1 aliphatic heterocycles. The zero-order valence-electron chi connectivity index (χ0n) is 15.3. The lowest BCUT2D eigenvalue weighted by Gasteiger charge is -2.15. The predicted molar refractivity (Wildman–Crippen MR) is 127 cm³/mol. The molecule has 0 spiro atoms. The van der Waals surface area contributed by atoms with Crippen molar-refractivity contribution in [2.24, 2.45) is 0 Å². The van der Waals surface area contributed by atoms with Crippen LogP contribution in [0, 0.1) is 0 Å². The van der Waals surface area contributed by atoms with Gasteiger partial charge >= 0.3 is 0 Å². The molecule has 0 aliphatic carbocycles. The lowest BCUT2D eigenvalue weighted by atomic mass is 10.2. The zero-order valence-corrected chi connectivity index (χ0v) is 20.1. The second kappa shape index (κ2) is 9.88. The minimum absolute atomic E-state index is 0.262. The van der Waals surface area contributed by atoms with E-state index in [-0.39, 0.29) is 10.2 Å². The molecule has 5 nitrogen and oxygen atoms in total. The first-order valence-electron chi connectivity index (χ1n) is 8.66. The highest BCUT2D eigenvalue weighted by Gasteiger charge is 2.34. The van der Waals surface area contributed by atoms with Gasteiger partial charge in [0.25, 0.3) is 11.8 Å². The third kappa shape index (κ3) is 5.48. The average Bonchev–Trinajstić information content (AvgIpc) is 2.95. The molecule has 0 atom stereocenters. The molecule has 0 radical (unpaired) electrons. The van der Waals surface area contributed by atoms with Gasteiger partial charge in [-0.1, -0.05) is 50.5 Å². The monoisotopic (exact) mass is 554 g/mol. The van der Waals surface area contributed by atoms with Crippen molar-refractivity contribution < 1.29 is 14.3 Å². The van der Waals surface area contributed by atoms with Gasteiger partial charge in [0, 0.05) is 20.1 Å². The van der Waals surface area contributed by atoms with Gasteiger partial charge in [-0.05, 0) is 67.2 Å². The average molecular weight is 556 g/mol. The lowest BCUT2D eigenvalue weighted by molar-refractivity contribution is -0.123. The van der Waals surface area contributed by atoms with Gasteiger partial charge in [-0.2, -0.15) is 5.01 Å². The van der Waals surface area contributed by atoms with E-state index in [0.29, 0.717) is 22.8 Å². The topological polar surface area (TPSA) is 58.6 Å². The molecule has 9 heteroatoms. The highest BCUT2D eigenvalue weighted by atomic mass is 79.9. The van der Waals surface area contributed by atoms with Gasteiger partial charge in [-0.3, -0.25) is 15.0 Å². The van der Waals surface area contributed by atoms with Crippen LogP contribution in [0.3, 0.4) is 0 Å². The fraction of sp³-hybridized carbons (Fsp3) is 0.150. The van der Waals surface area contributed by atoms with E-state index < -0.39 is 5.91 Å². The smallest absolute Gasteiger partial charge is 0.285 e. The number of ether oxygens (including phenoxy) is 1. The second-order valence-electron chi connectivity index (χ2n) is 6.00. The molecular formula is C20H16Br2N2O3S2. The van der Waals surface area contributed by atoms with Gasteiger partial charge in [0.05, 0.1) is 11.5 Å². The van der Waals surface area contributed by atoms with Crippen molar-refractivity contribution in [3.05, 3.63) is 67.4 Å². The van der Waals surface area contributed by atoms with Gasteiger partial charge in [-0.15, -0.1) is 0 Å². The maximum absolute atomic E-state index is 12.8. The van der Waals surface area contributed by atoms with Crippen molar-refractivity contribution in [1.82, 2.24) is 10.4 Å².